The van der Waals surface area contributed by atoms with Gasteiger partial charge in [-0.3, -0.25) is 0 Å². The van der Waals surface area contributed by atoms with Gasteiger partial charge in [0.05, 0.1) is 12.7 Å². The van der Waals surface area contributed by atoms with Crippen LogP contribution in [0.25, 0.3) is 0 Å². The molecule has 0 spiro atoms. The van der Waals surface area contributed by atoms with Gasteiger partial charge < -0.3 is 9.84 Å². The number of benzene rings is 1. The number of rotatable bonds is 7. The third kappa shape index (κ3) is 5.56. The molecule has 3 rings (SSSR count). The highest BCUT2D eigenvalue weighted by atomic mass is 16.5. The molecule has 2 nitrogen and oxygen atoms in total. The van der Waals surface area contributed by atoms with Crippen molar-refractivity contribution < 1.29 is 9.84 Å². The summed E-state index contributed by atoms with van der Waals surface area (Å²) >= 11 is 0. The minimum atomic E-state index is 0.0861. The van der Waals surface area contributed by atoms with Gasteiger partial charge in [-0.1, -0.05) is 44.0 Å². The summed E-state index contributed by atoms with van der Waals surface area (Å²) in [6.07, 6.45) is 13.1. The topological polar surface area (TPSA) is 29.5 Å². The number of aliphatic hydroxyl groups excluding tert-OH is 1. The molecule has 1 saturated carbocycles. The fourth-order valence-corrected chi connectivity index (χ4v) is 4.75. The molecular weight excluding hydrogens is 308 g/mol. The highest BCUT2D eigenvalue weighted by Gasteiger charge is 2.22. The van der Waals surface area contributed by atoms with Gasteiger partial charge in [-0.2, -0.15) is 0 Å². The van der Waals surface area contributed by atoms with Gasteiger partial charge in [0, 0.05) is 6.61 Å². The molecule has 1 aliphatic heterocycles. The van der Waals surface area contributed by atoms with Gasteiger partial charge in [0.15, 0.2) is 0 Å². The molecule has 1 aliphatic carbocycles. The zero-order valence-electron chi connectivity index (χ0n) is 16.0. The smallest absolute Gasteiger partial charge is 0.0806 e. The normalized spacial score (nSPS) is 30.3. The highest BCUT2D eigenvalue weighted by molar-refractivity contribution is 5.26. The van der Waals surface area contributed by atoms with Crippen molar-refractivity contribution in [2.75, 3.05) is 13.2 Å². The molecule has 2 aliphatic rings. The summed E-state index contributed by atoms with van der Waals surface area (Å²) in [4.78, 5) is 0. The molecule has 1 N–H and O–H groups in total. The summed E-state index contributed by atoms with van der Waals surface area (Å²) in [5, 5.41) is 9.13. The standard InChI is InChI=1S/C23H36O2/c1-2-3-18-6-11-21(12-7-18)22-13-8-19(9-14-22)4-5-20-10-15-23(16-24)25-17-20/h8-9,13-14,18,20-21,23-24H,2-7,10-12,15-17H2,1H3. The second kappa shape index (κ2) is 9.73. The molecule has 0 radical (unpaired) electrons. The number of aryl methyl sites for hydroxylation is 1. The van der Waals surface area contributed by atoms with E-state index in [4.69, 9.17) is 9.84 Å². The van der Waals surface area contributed by atoms with Crippen LogP contribution in [-0.4, -0.2) is 24.4 Å². The van der Waals surface area contributed by atoms with E-state index in [1.807, 2.05) is 0 Å². The largest absolute Gasteiger partial charge is 0.394 e. The van der Waals surface area contributed by atoms with E-state index in [0.29, 0.717) is 5.92 Å². The molecule has 2 heteroatoms. The van der Waals surface area contributed by atoms with E-state index in [1.165, 1.54) is 56.9 Å². The second-order valence-corrected chi connectivity index (χ2v) is 8.37. The Bertz CT molecular complexity index is 479. The van der Waals surface area contributed by atoms with Gasteiger partial charge in [-0.15, -0.1) is 0 Å². The second-order valence-electron chi connectivity index (χ2n) is 8.37. The van der Waals surface area contributed by atoms with Crippen LogP contribution in [0.4, 0.5) is 0 Å². The zero-order valence-corrected chi connectivity index (χ0v) is 16.0. The van der Waals surface area contributed by atoms with Crippen molar-refractivity contribution in [2.45, 2.75) is 83.2 Å². The minimum Gasteiger partial charge on any atom is -0.394 e. The molecule has 140 valence electrons. The van der Waals surface area contributed by atoms with Gasteiger partial charge in [-0.25, -0.2) is 0 Å². The molecule has 25 heavy (non-hydrogen) atoms. The molecule has 2 fully saturated rings. The van der Waals surface area contributed by atoms with E-state index in [-0.39, 0.29) is 12.7 Å². The summed E-state index contributed by atoms with van der Waals surface area (Å²) < 4.78 is 5.70. The van der Waals surface area contributed by atoms with Crippen LogP contribution < -0.4 is 0 Å². The van der Waals surface area contributed by atoms with Gasteiger partial charge in [0.2, 0.25) is 0 Å². The van der Waals surface area contributed by atoms with Crippen LogP contribution in [0.5, 0.6) is 0 Å². The Morgan fingerprint density at radius 3 is 2.24 bits per heavy atom. The lowest BCUT2D eigenvalue weighted by molar-refractivity contribution is -0.0439. The van der Waals surface area contributed by atoms with Crippen LogP contribution in [0, 0.1) is 11.8 Å². The average molecular weight is 345 g/mol. The predicted molar refractivity (Wildman–Crippen MR) is 104 cm³/mol. The molecule has 1 aromatic rings. The van der Waals surface area contributed by atoms with Crippen molar-refractivity contribution in [3.05, 3.63) is 35.4 Å². The van der Waals surface area contributed by atoms with Gasteiger partial charge in [-0.05, 0) is 80.2 Å². The van der Waals surface area contributed by atoms with Crippen molar-refractivity contribution >= 4 is 0 Å². The quantitative estimate of drug-likeness (QED) is 0.709. The van der Waals surface area contributed by atoms with E-state index in [0.717, 1.165) is 31.3 Å². The Labute approximate surface area is 154 Å². The molecular formula is C23H36O2. The Balaban J connectivity index is 1.42. The zero-order chi connectivity index (χ0) is 17.5. The lowest BCUT2D eigenvalue weighted by atomic mass is 9.77. The lowest BCUT2D eigenvalue weighted by Crippen LogP contribution is -2.28. The summed E-state index contributed by atoms with van der Waals surface area (Å²) in [5.74, 6) is 2.45. The third-order valence-electron chi connectivity index (χ3n) is 6.50. The van der Waals surface area contributed by atoms with Crippen molar-refractivity contribution in [3.8, 4) is 0 Å². The lowest BCUT2D eigenvalue weighted by Gasteiger charge is -2.29. The first-order valence-electron chi connectivity index (χ1n) is 10.6. The van der Waals surface area contributed by atoms with E-state index in [2.05, 4.69) is 31.2 Å². The van der Waals surface area contributed by atoms with Crippen LogP contribution in [0.15, 0.2) is 24.3 Å². The third-order valence-corrected chi connectivity index (χ3v) is 6.50. The fourth-order valence-electron chi connectivity index (χ4n) is 4.75. The van der Waals surface area contributed by atoms with Crippen LogP contribution >= 0.6 is 0 Å². The van der Waals surface area contributed by atoms with Gasteiger partial charge in [0.1, 0.15) is 0 Å². The SMILES string of the molecule is CCCC1CCC(c2ccc(CCC3CCC(CO)OC3)cc2)CC1. The van der Waals surface area contributed by atoms with Crippen molar-refractivity contribution in [2.24, 2.45) is 11.8 Å². The first-order chi connectivity index (χ1) is 12.3. The first-order valence-corrected chi connectivity index (χ1v) is 10.6. The van der Waals surface area contributed by atoms with Crippen LogP contribution in [0.3, 0.4) is 0 Å². The number of aliphatic hydroxyl groups is 1. The van der Waals surface area contributed by atoms with Crippen molar-refractivity contribution in [1.29, 1.82) is 0 Å². The van der Waals surface area contributed by atoms with E-state index >= 15 is 0 Å². The van der Waals surface area contributed by atoms with Gasteiger partial charge in [0.25, 0.3) is 0 Å². The average Bonchev–Trinajstić information content (AvgIpc) is 2.68. The molecule has 1 heterocycles. The first kappa shape index (κ1) is 18.9. The van der Waals surface area contributed by atoms with Crippen molar-refractivity contribution in [3.63, 3.8) is 0 Å². The van der Waals surface area contributed by atoms with Crippen LogP contribution in [0.2, 0.25) is 0 Å². The maximum absolute atomic E-state index is 9.13. The van der Waals surface area contributed by atoms with E-state index < -0.39 is 0 Å². The number of hydrogen-bond acceptors (Lipinski definition) is 2. The number of hydrogen-bond donors (Lipinski definition) is 1. The molecule has 0 amide bonds. The summed E-state index contributed by atoms with van der Waals surface area (Å²) in [6, 6.07) is 9.49. The maximum Gasteiger partial charge on any atom is 0.0806 e. The highest BCUT2D eigenvalue weighted by Crippen LogP contribution is 2.37. The molecule has 2 atom stereocenters. The molecule has 0 aromatic heterocycles. The molecule has 1 saturated heterocycles. The molecule has 0 bridgehead atoms. The monoisotopic (exact) mass is 344 g/mol. The minimum absolute atomic E-state index is 0.0861. The number of ether oxygens (including phenoxy) is 1. The molecule has 2 unspecified atom stereocenters. The Morgan fingerprint density at radius 2 is 1.64 bits per heavy atom. The summed E-state index contributed by atoms with van der Waals surface area (Å²) in [6.45, 7) is 3.31. The summed E-state index contributed by atoms with van der Waals surface area (Å²) in [7, 11) is 0. The van der Waals surface area contributed by atoms with Crippen molar-refractivity contribution in [1.82, 2.24) is 0 Å². The van der Waals surface area contributed by atoms with Crippen LogP contribution in [-0.2, 0) is 11.2 Å². The Kier molecular flexibility index (Phi) is 7.36. The van der Waals surface area contributed by atoms with E-state index in [9.17, 15) is 0 Å². The fraction of sp³-hybridized carbons (Fsp3) is 0.739. The Morgan fingerprint density at radius 1 is 0.920 bits per heavy atom. The van der Waals surface area contributed by atoms with Crippen LogP contribution in [0.1, 0.15) is 81.8 Å². The summed E-state index contributed by atoms with van der Waals surface area (Å²) in [5.41, 5.74) is 3.03. The van der Waals surface area contributed by atoms with E-state index in [1.54, 1.807) is 5.56 Å². The maximum atomic E-state index is 9.13. The van der Waals surface area contributed by atoms with Gasteiger partial charge >= 0.3 is 0 Å². The Hall–Kier alpha value is -0.860. The molecule has 1 aromatic carbocycles. The predicted octanol–water partition coefficient (Wildman–Crippen LogP) is 5.48.